The van der Waals surface area contributed by atoms with Crippen molar-refractivity contribution in [1.29, 1.82) is 0 Å². The van der Waals surface area contributed by atoms with E-state index in [-0.39, 0.29) is 5.41 Å². The molecule has 0 saturated carbocycles. The Morgan fingerprint density at radius 1 is 0.960 bits per heavy atom. The fourth-order valence-electron chi connectivity index (χ4n) is 2.50. The van der Waals surface area contributed by atoms with Gasteiger partial charge in [0.15, 0.2) is 5.82 Å². The van der Waals surface area contributed by atoms with Crippen LogP contribution < -0.4 is 10.6 Å². The van der Waals surface area contributed by atoms with Gasteiger partial charge in [-0.05, 0) is 35.2 Å². The van der Waals surface area contributed by atoms with E-state index < -0.39 is 0 Å². The number of hydrogen-bond donors (Lipinski definition) is 2. The first-order valence-corrected chi connectivity index (χ1v) is 8.80. The van der Waals surface area contributed by atoms with E-state index >= 15 is 0 Å². The molecule has 0 aliphatic heterocycles. The number of nitrogens with one attached hydrogen (secondary N) is 2. The summed E-state index contributed by atoms with van der Waals surface area (Å²) in [5.74, 6) is 1.08. The van der Waals surface area contributed by atoms with Crippen LogP contribution in [0.3, 0.4) is 0 Å². The summed E-state index contributed by atoms with van der Waals surface area (Å²) in [5.41, 5.74) is 3.16. The SMILES string of the molecule is CC(C)(C)c1ccccc1Nc1cnnc(Nc2cccc(Br)c2)n1. The molecule has 3 aromatic rings. The van der Waals surface area contributed by atoms with E-state index in [9.17, 15) is 0 Å². The molecule has 25 heavy (non-hydrogen) atoms. The molecule has 0 fully saturated rings. The van der Waals surface area contributed by atoms with Crippen molar-refractivity contribution in [1.82, 2.24) is 15.2 Å². The quantitative estimate of drug-likeness (QED) is 0.615. The molecular formula is C19H20BrN5. The van der Waals surface area contributed by atoms with Crippen LogP contribution in [0, 0.1) is 0 Å². The van der Waals surface area contributed by atoms with Crippen LogP contribution in [-0.4, -0.2) is 15.2 Å². The van der Waals surface area contributed by atoms with Gasteiger partial charge in [-0.15, -0.1) is 5.10 Å². The number of halogens is 1. The standard InChI is InChI=1S/C19H20BrN5/c1-19(2,3)15-9-4-5-10-16(15)23-17-12-21-25-18(24-17)22-14-8-6-7-13(20)11-14/h4-12H,1-3H3,(H2,22,23,24,25). The van der Waals surface area contributed by atoms with E-state index in [4.69, 9.17) is 0 Å². The highest BCUT2D eigenvalue weighted by Gasteiger charge is 2.17. The normalized spacial score (nSPS) is 11.2. The number of benzene rings is 2. The van der Waals surface area contributed by atoms with Crippen molar-refractivity contribution in [2.45, 2.75) is 26.2 Å². The van der Waals surface area contributed by atoms with Gasteiger partial charge in [-0.3, -0.25) is 0 Å². The van der Waals surface area contributed by atoms with Crippen LogP contribution in [0.1, 0.15) is 26.3 Å². The van der Waals surface area contributed by atoms with E-state index in [1.807, 2.05) is 42.5 Å². The van der Waals surface area contributed by atoms with Gasteiger partial charge in [0.1, 0.15) is 0 Å². The summed E-state index contributed by atoms with van der Waals surface area (Å²) in [6.45, 7) is 6.56. The van der Waals surface area contributed by atoms with Gasteiger partial charge in [0.05, 0.1) is 6.20 Å². The Morgan fingerprint density at radius 3 is 2.52 bits per heavy atom. The third-order valence-electron chi connectivity index (χ3n) is 3.64. The molecule has 1 aromatic heterocycles. The molecule has 1 heterocycles. The van der Waals surface area contributed by atoms with Crippen molar-refractivity contribution >= 4 is 39.1 Å². The third-order valence-corrected chi connectivity index (χ3v) is 4.13. The number of anilines is 4. The van der Waals surface area contributed by atoms with Crippen molar-refractivity contribution in [3.63, 3.8) is 0 Å². The molecule has 0 saturated heterocycles. The summed E-state index contributed by atoms with van der Waals surface area (Å²) < 4.78 is 0.985. The molecule has 3 rings (SSSR count). The average Bonchev–Trinajstić information content (AvgIpc) is 2.55. The Labute approximate surface area is 156 Å². The first-order chi connectivity index (χ1) is 11.9. The topological polar surface area (TPSA) is 62.7 Å². The minimum atomic E-state index is 0.0292. The average molecular weight is 398 g/mol. The maximum atomic E-state index is 4.51. The summed E-state index contributed by atoms with van der Waals surface area (Å²) in [4.78, 5) is 4.51. The van der Waals surface area contributed by atoms with Gasteiger partial charge in [0.25, 0.3) is 0 Å². The van der Waals surface area contributed by atoms with Crippen LogP contribution in [0.2, 0.25) is 0 Å². The predicted octanol–water partition coefficient (Wildman–Crippen LogP) is 5.42. The number of rotatable bonds is 4. The highest BCUT2D eigenvalue weighted by atomic mass is 79.9. The van der Waals surface area contributed by atoms with E-state index in [1.54, 1.807) is 6.20 Å². The molecule has 0 aliphatic rings. The maximum Gasteiger partial charge on any atom is 0.249 e. The van der Waals surface area contributed by atoms with Crippen molar-refractivity contribution in [3.8, 4) is 0 Å². The molecule has 2 N–H and O–H groups in total. The summed E-state index contributed by atoms with van der Waals surface area (Å²) in [5, 5.41) is 14.6. The molecule has 0 atom stereocenters. The van der Waals surface area contributed by atoms with Crippen molar-refractivity contribution < 1.29 is 0 Å². The second kappa shape index (κ2) is 7.19. The minimum absolute atomic E-state index is 0.0292. The van der Waals surface area contributed by atoms with Gasteiger partial charge in [-0.2, -0.15) is 10.1 Å². The van der Waals surface area contributed by atoms with Crippen LogP contribution in [0.5, 0.6) is 0 Å². The highest BCUT2D eigenvalue weighted by Crippen LogP contribution is 2.30. The first kappa shape index (κ1) is 17.4. The summed E-state index contributed by atoms with van der Waals surface area (Å²) >= 11 is 3.45. The molecule has 5 nitrogen and oxygen atoms in total. The molecule has 128 valence electrons. The van der Waals surface area contributed by atoms with E-state index in [0.717, 1.165) is 15.8 Å². The fraction of sp³-hybridized carbons (Fsp3) is 0.211. The van der Waals surface area contributed by atoms with Crippen LogP contribution in [-0.2, 0) is 5.41 Å². The molecule has 6 heteroatoms. The van der Waals surface area contributed by atoms with Gasteiger partial charge in [0.2, 0.25) is 5.95 Å². The van der Waals surface area contributed by atoms with Crippen molar-refractivity contribution in [2.75, 3.05) is 10.6 Å². The monoisotopic (exact) mass is 397 g/mol. The van der Waals surface area contributed by atoms with E-state index in [0.29, 0.717) is 11.8 Å². The molecule has 0 spiro atoms. The maximum absolute atomic E-state index is 4.51. The summed E-state index contributed by atoms with van der Waals surface area (Å²) in [6.07, 6.45) is 1.62. The Balaban J connectivity index is 1.83. The van der Waals surface area contributed by atoms with Gasteiger partial charge in [-0.25, -0.2) is 0 Å². The number of para-hydroxylation sites is 1. The zero-order valence-corrected chi connectivity index (χ0v) is 16.0. The predicted molar refractivity (Wildman–Crippen MR) is 106 cm³/mol. The lowest BCUT2D eigenvalue weighted by molar-refractivity contribution is 0.592. The number of hydrogen-bond acceptors (Lipinski definition) is 5. The lowest BCUT2D eigenvalue weighted by atomic mass is 9.86. The van der Waals surface area contributed by atoms with E-state index in [1.165, 1.54) is 5.56 Å². The second-order valence-electron chi connectivity index (χ2n) is 6.72. The molecule has 0 bridgehead atoms. The van der Waals surface area contributed by atoms with E-state index in [2.05, 4.69) is 68.6 Å². The lowest BCUT2D eigenvalue weighted by Crippen LogP contribution is -2.14. The largest absolute Gasteiger partial charge is 0.339 e. The van der Waals surface area contributed by atoms with Gasteiger partial charge in [0, 0.05) is 15.8 Å². The number of nitrogens with zero attached hydrogens (tertiary/aromatic N) is 3. The van der Waals surface area contributed by atoms with Crippen LogP contribution >= 0.6 is 15.9 Å². The molecule has 0 radical (unpaired) electrons. The first-order valence-electron chi connectivity index (χ1n) is 8.01. The molecule has 0 amide bonds. The zero-order chi connectivity index (χ0) is 17.9. The van der Waals surface area contributed by atoms with Crippen molar-refractivity contribution in [2.24, 2.45) is 0 Å². The smallest absolute Gasteiger partial charge is 0.249 e. The van der Waals surface area contributed by atoms with Crippen LogP contribution in [0.4, 0.5) is 23.1 Å². The van der Waals surface area contributed by atoms with Crippen LogP contribution in [0.25, 0.3) is 0 Å². The Bertz CT molecular complexity index is 873. The molecular weight excluding hydrogens is 378 g/mol. The third kappa shape index (κ3) is 4.54. The molecule has 0 unspecified atom stereocenters. The minimum Gasteiger partial charge on any atom is -0.339 e. The zero-order valence-electron chi connectivity index (χ0n) is 14.4. The van der Waals surface area contributed by atoms with Crippen LogP contribution in [0.15, 0.2) is 59.2 Å². The van der Waals surface area contributed by atoms with Crippen molar-refractivity contribution in [3.05, 3.63) is 64.8 Å². The Hall–Kier alpha value is -2.47. The lowest BCUT2D eigenvalue weighted by Gasteiger charge is -2.23. The Kier molecular flexibility index (Phi) is 4.99. The molecule has 2 aromatic carbocycles. The van der Waals surface area contributed by atoms with Gasteiger partial charge in [-0.1, -0.05) is 61.0 Å². The van der Waals surface area contributed by atoms with Gasteiger partial charge >= 0.3 is 0 Å². The summed E-state index contributed by atoms with van der Waals surface area (Å²) in [6, 6.07) is 16.0. The number of aromatic nitrogens is 3. The molecule has 0 aliphatic carbocycles. The van der Waals surface area contributed by atoms with Gasteiger partial charge < -0.3 is 10.6 Å². The highest BCUT2D eigenvalue weighted by molar-refractivity contribution is 9.10. The Morgan fingerprint density at radius 2 is 1.76 bits per heavy atom. The second-order valence-corrected chi connectivity index (χ2v) is 7.64. The fourth-order valence-corrected chi connectivity index (χ4v) is 2.90. The summed E-state index contributed by atoms with van der Waals surface area (Å²) in [7, 11) is 0.